The molecule has 0 spiro atoms. The number of fused-ring (bicyclic) bond motifs is 1. The number of aromatic amines is 1. The number of carbonyl (C=O) groups is 1. The van der Waals surface area contributed by atoms with Gasteiger partial charge in [0.1, 0.15) is 5.75 Å². The Kier molecular flexibility index (Phi) is 8.11. The molecule has 1 amide bonds. The van der Waals surface area contributed by atoms with E-state index in [1.54, 1.807) is 13.2 Å². The molecule has 0 aliphatic heterocycles. The summed E-state index contributed by atoms with van der Waals surface area (Å²) in [5.41, 5.74) is 0.693. The van der Waals surface area contributed by atoms with Gasteiger partial charge in [-0.1, -0.05) is 19.3 Å². The van der Waals surface area contributed by atoms with Gasteiger partial charge in [-0.3, -0.25) is 9.59 Å². The van der Waals surface area contributed by atoms with E-state index in [4.69, 9.17) is 9.47 Å². The minimum Gasteiger partial charge on any atom is -0.494 e. The van der Waals surface area contributed by atoms with Crippen LogP contribution in [0, 0.1) is 0 Å². The number of H-pyrrole nitrogens is 1. The molecule has 0 saturated heterocycles. The lowest BCUT2D eigenvalue weighted by Gasteiger charge is -2.34. The molecule has 0 atom stereocenters. The van der Waals surface area contributed by atoms with E-state index in [1.807, 2.05) is 23.1 Å². The predicted octanol–water partition coefficient (Wildman–Crippen LogP) is 3.88. The highest BCUT2D eigenvalue weighted by Crippen LogP contribution is 2.23. The second-order valence-electron chi connectivity index (χ2n) is 7.75. The van der Waals surface area contributed by atoms with E-state index in [-0.39, 0.29) is 11.5 Å². The highest BCUT2D eigenvalue weighted by Gasteiger charge is 2.24. The zero-order valence-electron chi connectivity index (χ0n) is 17.3. The molecule has 3 rings (SSSR count). The van der Waals surface area contributed by atoms with Crippen molar-refractivity contribution in [3.8, 4) is 5.75 Å². The Morgan fingerprint density at radius 1 is 1.10 bits per heavy atom. The van der Waals surface area contributed by atoms with Crippen LogP contribution in [0.5, 0.6) is 5.75 Å². The second-order valence-corrected chi connectivity index (χ2v) is 7.75. The summed E-state index contributed by atoms with van der Waals surface area (Å²) in [7, 11) is 1.69. The summed E-state index contributed by atoms with van der Waals surface area (Å²) in [4.78, 5) is 29.0. The number of ether oxygens (including phenoxy) is 2. The minimum atomic E-state index is -0.108. The monoisotopic (exact) mass is 400 g/mol. The lowest BCUT2D eigenvalue weighted by molar-refractivity contribution is -0.135. The van der Waals surface area contributed by atoms with Crippen LogP contribution < -0.4 is 10.3 Å². The standard InChI is InChI=1S/C23H32N2O4/c1-28-16-14-25(19-7-3-2-4-8-19)23(27)9-5-6-15-29-20-11-12-21-18(17-20)10-13-22(26)24-21/h10-13,17,19H,2-9,14-16H2,1H3,(H,24,26). The molecule has 6 heteroatoms. The molecule has 0 unspecified atom stereocenters. The number of methoxy groups -OCH3 is 1. The van der Waals surface area contributed by atoms with Crippen LogP contribution in [0.15, 0.2) is 35.1 Å². The summed E-state index contributed by atoms with van der Waals surface area (Å²) in [6.45, 7) is 1.86. The molecule has 6 nitrogen and oxygen atoms in total. The fourth-order valence-corrected chi connectivity index (χ4v) is 4.03. The molecule has 1 aromatic carbocycles. The number of aromatic nitrogens is 1. The van der Waals surface area contributed by atoms with Gasteiger partial charge in [0.15, 0.2) is 0 Å². The summed E-state index contributed by atoms with van der Waals surface area (Å²) in [6, 6.07) is 9.32. The number of benzene rings is 1. The average Bonchev–Trinajstić information content (AvgIpc) is 2.74. The van der Waals surface area contributed by atoms with Crippen molar-refractivity contribution in [3.63, 3.8) is 0 Å². The lowest BCUT2D eigenvalue weighted by Crippen LogP contribution is -2.43. The first-order valence-electron chi connectivity index (χ1n) is 10.7. The van der Waals surface area contributed by atoms with Crippen molar-refractivity contribution in [1.29, 1.82) is 0 Å². The van der Waals surface area contributed by atoms with E-state index < -0.39 is 0 Å². The largest absolute Gasteiger partial charge is 0.494 e. The van der Waals surface area contributed by atoms with E-state index >= 15 is 0 Å². The first-order chi connectivity index (χ1) is 14.2. The van der Waals surface area contributed by atoms with Gasteiger partial charge >= 0.3 is 0 Å². The molecule has 1 fully saturated rings. The number of nitrogens with one attached hydrogen (secondary N) is 1. The zero-order chi connectivity index (χ0) is 20.5. The van der Waals surface area contributed by atoms with Gasteiger partial charge in [-0.2, -0.15) is 0 Å². The maximum Gasteiger partial charge on any atom is 0.248 e. The van der Waals surface area contributed by atoms with Crippen LogP contribution in [0.25, 0.3) is 10.9 Å². The third-order valence-electron chi connectivity index (χ3n) is 5.62. The average molecular weight is 401 g/mol. The number of hydrogen-bond donors (Lipinski definition) is 1. The Labute approximate surface area is 172 Å². The van der Waals surface area contributed by atoms with Crippen LogP contribution in [0.1, 0.15) is 51.4 Å². The third-order valence-corrected chi connectivity index (χ3v) is 5.62. The number of unbranched alkanes of at least 4 members (excludes halogenated alkanes) is 1. The predicted molar refractivity (Wildman–Crippen MR) is 114 cm³/mol. The van der Waals surface area contributed by atoms with E-state index in [1.165, 1.54) is 25.3 Å². The normalized spacial score (nSPS) is 14.8. The van der Waals surface area contributed by atoms with Crippen LogP contribution in [-0.2, 0) is 9.53 Å². The molecule has 1 aliphatic carbocycles. The van der Waals surface area contributed by atoms with Gasteiger partial charge in [0.25, 0.3) is 0 Å². The molecule has 1 aromatic heterocycles. The minimum absolute atomic E-state index is 0.108. The highest BCUT2D eigenvalue weighted by atomic mass is 16.5. The summed E-state index contributed by atoms with van der Waals surface area (Å²) in [5.74, 6) is 1.02. The van der Waals surface area contributed by atoms with Crippen molar-refractivity contribution >= 4 is 16.8 Å². The summed E-state index contributed by atoms with van der Waals surface area (Å²) < 4.78 is 11.0. The Hall–Kier alpha value is -2.34. The van der Waals surface area contributed by atoms with Gasteiger partial charge in [-0.25, -0.2) is 0 Å². The van der Waals surface area contributed by atoms with Crippen molar-refractivity contribution in [3.05, 3.63) is 40.7 Å². The van der Waals surface area contributed by atoms with Gasteiger partial charge in [0.05, 0.1) is 13.2 Å². The molecule has 2 aromatic rings. The molecule has 29 heavy (non-hydrogen) atoms. The van der Waals surface area contributed by atoms with Crippen molar-refractivity contribution < 1.29 is 14.3 Å². The Morgan fingerprint density at radius 3 is 2.72 bits per heavy atom. The van der Waals surface area contributed by atoms with Crippen LogP contribution in [0.2, 0.25) is 0 Å². The van der Waals surface area contributed by atoms with Crippen molar-refractivity contribution in [2.24, 2.45) is 0 Å². The summed E-state index contributed by atoms with van der Waals surface area (Å²) >= 11 is 0. The molecule has 0 bridgehead atoms. The SMILES string of the molecule is COCCN(C(=O)CCCCOc1ccc2[nH]c(=O)ccc2c1)C1CCCCC1. The third kappa shape index (κ3) is 6.32. The number of hydrogen-bond acceptors (Lipinski definition) is 4. The van der Waals surface area contributed by atoms with E-state index in [0.717, 1.165) is 42.3 Å². The lowest BCUT2D eigenvalue weighted by atomic mass is 9.94. The molecular weight excluding hydrogens is 368 g/mol. The molecule has 1 saturated carbocycles. The van der Waals surface area contributed by atoms with E-state index in [2.05, 4.69) is 4.98 Å². The molecule has 0 radical (unpaired) electrons. The highest BCUT2D eigenvalue weighted by molar-refractivity contribution is 5.79. The van der Waals surface area contributed by atoms with E-state index in [0.29, 0.717) is 32.2 Å². The second kappa shape index (κ2) is 11.0. The van der Waals surface area contributed by atoms with Gasteiger partial charge in [-0.05, 0) is 49.9 Å². The fourth-order valence-electron chi connectivity index (χ4n) is 4.03. The van der Waals surface area contributed by atoms with Gasteiger partial charge < -0.3 is 19.4 Å². The smallest absolute Gasteiger partial charge is 0.248 e. The first-order valence-corrected chi connectivity index (χ1v) is 10.7. The number of carbonyl (C=O) groups excluding carboxylic acids is 1. The first kappa shape index (κ1) is 21.4. The maximum atomic E-state index is 12.8. The topological polar surface area (TPSA) is 71.6 Å². The van der Waals surface area contributed by atoms with Gasteiger partial charge in [0, 0.05) is 43.1 Å². The quantitative estimate of drug-likeness (QED) is 0.614. The van der Waals surface area contributed by atoms with Crippen molar-refractivity contribution in [1.82, 2.24) is 9.88 Å². The summed E-state index contributed by atoms with van der Waals surface area (Å²) in [6.07, 6.45) is 8.16. The molecule has 1 aliphatic rings. The molecule has 158 valence electrons. The van der Waals surface area contributed by atoms with Crippen LogP contribution in [-0.4, -0.2) is 48.7 Å². The Bertz CT molecular complexity index is 842. The zero-order valence-corrected chi connectivity index (χ0v) is 17.3. The number of rotatable bonds is 10. The fraction of sp³-hybridized carbons (Fsp3) is 0.565. The number of pyridine rings is 1. The van der Waals surface area contributed by atoms with Crippen LogP contribution in [0.4, 0.5) is 0 Å². The maximum absolute atomic E-state index is 12.8. The summed E-state index contributed by atoms with van der Waals surface area (Å²) in [5, 5.41) is 0.943. The van der Waals surface area contributed by atoms with Crippen molar-refractivity contribution in [2.75, 3.05) is 26.9 Å². The number of amides is 1. The van der Waals surface area contributed by atoms with Crippen LogP contribution in [0.3, 0.4) is 0 Å². The molecule has 1 heterocycles. The Morgan fingerprint density at radius 2 is 1.93 bits per heavy atom. The molecular formula is C23H32N2O4. The number of nitrogens with zero attached hydrogens (tertiary/aromatic N) is 1. The van der Waals surface area contributed by atoms with Gasteiger partial charge in [0.2, 0.25) is 11.5 Å². The van der Waals surface area contributed by atoms with Crippen LogP contribution >= 0.6 is 0 Å². The van der Waals surface area contributed by atoms with Gasteiger partial charge in [-0.15, -0.1) is 0 Å². The molecule has 1 N–H and O–H groups in total. The van der Waals surface area contributed by atoms with Crippen molar-refractivity contribution in [2.45, 2.75) is 57.4 Å². The van der Waals surface area contributed by atoms with E-state index in [9.17, 15) is 9.59 Å². The Balaban J connectivity index is 1.43.